The van der Waals surface area contributed by atoms with Crippen LogP contribution in [0.2, 0.25) is 0 Å². The number of benzene rings is 1. The van der Waals surface area contributed by atoms with E-state index in [-0.39, 0.29) is 11.9 Å². The number of carbonyl (C=O) groups excluding carboxylic acids is 1. The lowest BCUT2D eigenvalue weighted by Gasteiger charge is -2.25. The molecule has 1 aliphatic heterocycles. The second kappa shape index (κ2) is 8.30. The van der Waals surface area contributed by atoms with Crippen molar-refractivity contribution in [1.82, 2.24) is 19.8 Å². The maximum atomic E-state index is 13.3. The number of rotatable bonds is 6. The first kappa shape index (κ1) is 19.0. The zero-order valence-corrected chi connectivity index (χ0v) is 15.5. The minimum absolute atomic E-state index is 0.102. The molecule has 2 aromatic rings. The van der Waals surface area contributed by atoms with E-state index in [4.69, 9.17) is 10.5 Å². The van der Waals surface area contributed by atoms with Crippen LogP contribution in [-0.4, -0.2) is 58.0 Å². The lowest BCUT2D eigenvalue weighted by Crippen LogP contribution is -2.41. The summed E-state index contributed by atoms with van der Waals surface area (Å²) in [6.45, 7) is 3.51. The third-order valence-electron chi connectivity index (χ3n) is 4.67. The van der Waals surface area contributed by atoms with Crippen LogP contribution in [0.5, 0.6) is 5.75 Å². The van der Waals surface area contributed by atoms with Crippen LogP contribution in [0.3, 0.4) is 0 Å². The number of anilines is 1. The zero-order valence-electron chi connectivity index (χ0n) is 15.5. The number of ether oxygens (including phenoxy) is 1. The quantitative estimate of drug-likeness (QED) is 0.830. The van der Waals surface area contributed by atoms with Crippen molar-refractivity contribution < 1.29 is 13.9 Å². The molecule has 0 spiro atoms. The molecule has 2 N–H and O–H groups in total. The van der Waals surface area contributed by atoms with Crippen LogP contribution in [0.25, 0.3) is 0 Å². The Hall–Kier alpha value is -2.74. The molecule has 1 fully saturated rings. The van der Waals surface area contributed by atoms with Crippen molar-refractivity contribution in [3.05, 3.63) is 48.2 Å². The van der Waals surface area contributed by atoms with E-state index in [1.165, 1.54) is 12.1 Å². The summed E-state index contributed by atoms with van der Waals surface area (Å²) in [5.74, 6) is 0.960. The van der Waals surface area contributed by atoms with Gasteiger partial charge in [-0.05, 0) is 38.6 Å². The fourth-order valence-electron chi connectivity index (χ4n) is 3.20. The van der Waals surface area contributed by atoms with Crippen LogP contribution in [-0.2, 0) is 11.3 Å². The van der Waals surface area contributed by atoms with Crippen LogP contribution in [0.15, 0.2) is 36.5 Å². The van der Waals surface area contributed by atoms with Crippen molar-refractivity contribution in [2.75, 3.05) is 25.9 Å². The number of likely N-dealkylation sites (N-methyl/N-ethyl adjacent to an activating group) is 1. The number of carbonyl (C=O) groups is 1. The molecular formula is C19H24FN5O2. The third-order valence-corrected chi connectivity index (χ3v) is 4.67. The van der Waals surface area contributed by atoms with Gasteiger partial charge in [-0.3, -0.25) is 9.69 Å². The second-order valence-corrected chi connectivity index (χ2v) is 6.76. The minimum atomic E-state index is -0.673. The lowest BCUT2D eigenvalue weighted by molar-refractivity contribution is -0.137. The number of likely N-dealkylation sites (tertiary alicyclic amines) is 1. The number of amides is 1. The van der Waals surface area contributed by atoms with E-state index in [0.717, 1.165) is 6.42 Å². The Morgan fingerprint density at radius 1 is 1.48 bits per heavy atom. The summed E-state index contributed by atoms with van der Waals surface area (Å²) in [6, 6.07) is 7.67. The SMILES string of the molecule is C[C@@H](Oc1cccc(F)c1)C(=O)N1CC[C@@H](N(C)Cc2nccc(N)n2)C1. The summed E-state index contributed by atoms with van der Waals surface area (Å²) in [4.78, 5) is 25.0. The molecule has 7 nitrogen and oxygen atoms in total. The Bertz CT molecular complexity index is 803. The van der Waals surface area contributed by atoms with E-state index in [0.29, 0.717) is 37.0 Å². The molecule has 2 atom stereocenters. The smallest absolute Gasteiger partial charge is 0.263 e. The number of nitrogens with zero attached hydrogens (tertiary/aromatic N) is 4. The molecule has 144 valence electrons. The second-order valence-electron chi connectivity index (χ2n) is 6.76. The maximum absolute atomic E-state index is 13.3. The van der Waals surface area contributed by atoms with Gasteiger partial charge in [-0.2, -0.15) is 0 Å². The van der Waals surface area contributed by atoms with Crippen LogP contribution >= 0.6 is 0 Å². The number of aromatic nitrogens is 2. The normalized spacial score (nSPS) is 17.9. The van der Waals surface area contributed by atoms with Gasteiger partial charge in [0.05, 0.1) is 6.54 Å². The lowest BCUT2D eigenvalue weighted by atomic mass is 10.2. The van der Waals surface area contributed by atoms with Crippen LogP contribution in [0, 0.1) is 5.82 Å². The number of nitrogens with two attached hydrogens (primary N) is 1. The Kier molecular flexibility index (Phi) is 5.85. The van der Waals surface area contributed by atoms with Crippen molar-refractivity contribution in [3.63, 3.8) is 0 Å². The van der Waals surface area contributed by atoms with E-state index in [9.17, 15) is 9.18 Å². The molecule has 8 heteroatoms. The first-order valence-electron chi connectivity index (χ1n) is 8.91. The average Bonchev–Trinajstić information content (AvgIpc) is 3.11. The largest absolute Gasteiger partial charge is 0.481 e. The molecule has 3 rings (SSSR count). The van der Waals surface area contributed by atoms with E-state index in [1.807, 2.05) is 7.05 Å². The summed E-state index contributed by atoms with van der Waals surface area (Å²) < 4.78 is 18.9. The predicted molar refractivity (Wildman–Crippen MR) is 99.4 cm³/mol. The van der Waals surface area contributed by atoms with Gasteiger partial charge in [0.2, 0.25) is 0 Å². The Morgan fingerprint density at radius 2 is 2.30 bits per heavy atom. The van der Waals surface area contributed by atoms with Gasteiger partial charge in [-0.15, -0.1) is 0 Å². The van der Waals surface area contributed by atoms with Gasteiger partial charge >= 0.3 is 0 Å². The molecule has 2 heterocycles. The zero-order chi connectivity index (χ0) is 19.4. The van der Waals surface area contributed by atoms with E-state index < -0.39 is 11.9 Å². The summed E-state index contributed by atoms with van der Waals surface area (Å²) in [5, 5.41) is 0. The highest BCUT2D eigenvalue weighted by molar-refractivity contribution is 5.81. The summed E-state index contributed by atoms with van der Waals surface area (Å²) in [5.41, 5.74) is 5.70. The molecule has 1 aromatic heterocycles. The van der Waals surface area contributed by atoms with E-state index in [2.05, 4.69) is 14.9 Å². The van der Waals surface area contributed by atoms with Crippen molar-refractivity contribution in [3.8, 4) is 5.75 Å². The van der Waals surface area contributed by atoms with E-state index >= 15 is 0 Å². The number of hydrogen-bond donors (Lipinski definition) is 1. The maximum Gasteiger partial charge on any atom is 0.263 e. The first-order chi connectivity index (χ1) is 12.9. The molecule has 0 aliphatic carbocycles. The average molecular weight is 373 g/mol. The topological polar surface area (TPSA) is 84.6 Å². The van der Waals surface area contributed by atoms with Gasteiger partial charge < -0.3 is 15.4 Å². The molecule has 0 saturated carbocycles. The molecule has 0 bridgehead atoms. The minimum Gasteiger partial charge on any atom is -0.481 e. The highest BCUT2D eigenvalue weighted by atomic mass is 19.1. The highest BCUT2D eigenvalue weighted by Gasteiger charge is 2.32. The van der Waals surface area contributed by atoms with Gasteiger partial charge in [-0.1, -0.05) is 6.07 Å². The number of hydrogen-bond acceptors (Lipinski definition) is 6. The van der Waals surface area contributed by atoms with Crippen molar-refractivity contribution in [2.45, 2.75) is 32.0 Å². The predicted octanol–water partition coefficient (Wildman–Crippen LogP) is 1.70. The Labute approximate surface area is 158 Å². The summed E-state index contributed by atoms with van der Waals surface area (Å²) >= 11 is 0. The number of nitrogen functional groups attached to an aromatic ring is 1. The molecule has 27 heavy (non-hydrogen) atoms. The monoisotopic (exact) mass is 373 g/mol. The van der Waals surface area contributed by atoms with Crippen molar-refractivity contribution in [2.24, 2.45) is 0 Å². The van der Waals surface area contributed by atoms with Crippen molar-refractivity contribution in [1.29, 1.82) is 0 Å². The molecule has 0 radical (unpaired) electrons. The van der Waals surface area contributed by atoms with Crippen molar-refractivity contribution >= 4 is 11.7 Å². The highest BCUT2D eigenvalue weighted by Crippen LogP contribution is 2.19. The summed E-state index contributed by atoms with van der Waals surface area (Å²) in [6.07, 6.45) is 1.83. The number of halogens is 1. The third kappa shape index (κ3) is 4.91. The van der Waals surface area contributed by atoms with Gasteiger partial charge in [0.25, 0.3) is 5.91 Å². The molecule has 1 amide bonds. The van der Waals surface area contributed by atoms with Gasteiger partial charge in [0.1, 0.15) is 23.2 Å². The van der Waals surface area contributed by atoms with Gasteiger partial charge in [0.15, 0.2) is 6.10 Å². The fraction of sp³-hybridized carbons (Fsp3) is 0.421. The first-order valence-corrected chi connectivity index (χ1v) is 8.91. The van der Waals surface area contributed by atoms with Gasteiger partial charge in [0, 0.05) is 31.4 Å². The van der Waals surface area contributed by atoms with Crippen LogP contribution < -0.4 is 10.5 Å². The Balaban J connectivity index is 1.54. The standard InChI is InChI=1S/C19H24FN5O2/c1-13(27-16-5-3-4-14(20)10-16)19(26)25-9-7-15(11-25)24(2)12-18-22-8-6-17(21)23-18/h3-6,8,10,13,15H,7,9,11-12H2,1-2H3,(H2,21,22,23)/t13-,15-/m1/s1. The molecule has 0 unspecified atom stereocenters. The molecular weight excluding hydrogens is 349 g/mol. The molecule has 1 aromatic carbocycles. The van der Waals surface area contributed by atoms with Gasteiger partial charge in [-0.25, -0.2) is 14.4 Å². The Morgan fingerprint density at radius 3 is 3.04 bits per heavy atom. The van der Waals surface area contributed by atoms with E-state index in [1.54, 1.807) is 36.2 Å². The fourth-order valence-corrected chi connectivity index (χ4v) is 3.20. The van der Waals surface area contributed by atoms with Crippen LogP contribution in [0.4, 0.5) is 10.2 Å². The molecule has 1 saturated heterocycles. The molecule has 1 aliphatic rings. The van der Waals surface area contributed by atoms with Crippen LogP contribution in [0.1, 0.15) is 19.2 Å². The summed E-state index contributed by atoms with van der Waals surface area (Å²) in [7, 11) is 1.98.